The van der Waals surface area contributed by atoms with Crippen LogP contribution < -0.4 is 10.5 Å². The highest BCUT2D eigenvalue weighted by atomic mass is 16.5. The Bertz CT molecular complexity index is 1050. The molecule has 0 radical (unpaired) electrons. The van der Waals surface area contributed by atoms with Crippen LogP contribution in [0.3, 0.4) is 0 Å². The van der Waals surface area contributed by atoms with E-state index in [1.807, 2.05) is 12.1 Å². The monoisotopic (exact) mass is 364 g/mol. The summed E-state index contributed by atoms with van der Waals surface area (Å²) in [5.41, 5.74) is 3.25. The minimum atomic E-state index is -0.0663. The molecule has 0 N–H and O–H groups in total. The first-order valence-corrected chi connectivity index (χ1v) is 9.30. The second-order valence-corrected chi connectivity index (χ2v) is 7.00. The average Bonchev–Trinajstić information content (AvgIpc) is 3.16. The summed E-state index contributed by atoms with van der Waals surface area (Å²) in [4.78, 5) is 28.0. The summed E-state index contributed by atoms with van der Waals surface area (Å²) in [5, 5.41) is 4.61. The smallest absolute Gasteiger partial charge is 0.267 e. The first-order valence-electron chi connectivity index (χ1n) is 9.30. The summed E-state index contributed by atoms with van der Waals surface area (Å²) >= 11 is 0. The molecule has 138 valence electrons. The number of hydrogen-bond acceptors (Lipinski definition) is 7. The molecule has 5 rings (SSSR count). The van der Waals surface area contributed by atoms with Gasteiger partial charge in [0.2, 0.25) is 0 Å². The molecule has 3 aromatic rings. The first-order chi connectivity index (χ1) is 13.3. The van der Waals surface area contributed by atoms with Crippen molar-refractivity contribution in [3.05, 3.63) is 52.2 Å². The van der Waals surface area contributed by atoms with Crippen LogP contribution in [0.15, 0.2) is 35.4 Å². The number of aromatic nitrogens is 5. The Morgan fingerprint density at radius 3 is 3.11 bits per heavy atom. The molecule has 2 aliphatic heterocycles. The summed E-state index contributed by atoms with van der Waals surface area (Å²) in [5.74, 6) is 0.880. The Kier molecular flexibility index (Phi) is 4.05. The van der Waals surface area contributed by atoms with Crippen molar-refractivity contribution in [1.29, 1.82) is 0 Å². The molecule has 0 spiro atoms. The fourth-order valence-corrected chi connectivity index (χ4v) is 3.91. The van der Waals surface area contributed by atoms with Gasteiger partial charge in [0, 0.05) is 37.0 Å². The normalized spacial score (nSPS) is 19.4. The molecule has 8 heteroatoms. The molecule has 0 aliphatic carbocycles. The van der Waals surface area contributed by atoms with Crippen LogP contribution in [-0.4, -0.2) is 43.9 Å². The second kappa shape index (κ2) is 6.70. The predicted octanol–water partition coefficient (Wildman–Crippen LogP) is 1.32. The van der Waals surface area contributed by atoms with E-state index in [0.717, 1.165) is 48.4 Å². The first kappa shape index (κ1) is 16.3. The van der Waals surface area contributed by atoms with Gasteiger partial charge in [0.25, 0.3) is 5.56 Å². The van der Waals surface area contributed by atoms with E-state index >= 15 is 0 Å². The third-order valence-corrected chi connectivity index (χ3v) is 5.28. The van der Waals surface area contributed by atoms with E-state index in [2.05, 4.69) is 25.0 Å². The molecule has 0 aromatic carbocycles. The van der Waals surface area contributed by atoms with E-state index in [-0.39, 0.29) is 11.6 Å². The molecular formula is C19H20N6O2. The molecule has 0 bridgehead atoms. The van der Waals surface area contributed by atoms with Crippen LogP contribution >= 0.6 is 0 Å². The lowest BCUT2D eigenvalue weighted by molar-refractivity contribution is 0.108. The highest BCUT2D eigenvalue weighted by Gasteiger charge is 2.27. The zero-order valence-corrected chi connectivity index (χ0v) is 14.9. The van der Waals surface area contributed by atoms with E-state index in [0.29, 0.717) is 25.4 Å². The predicted molar refractivity (Wildman–Crippen MR) is 99.6 cm³/mol. The van der Waals surface area contributed by atoms with Crippen LogP contribution in [0.1, 0.15) is 24.1 Å². The van der Waals surface area contributed by atoms with Gasteiger partial charge in [0.15, 0.2) is 5.65 Å². The molecule has 5 heterocycles. The molecule has 0 amide bonds. The van der Waals surface area contributed by atoms with Crippen LogP contribution in [0.4, 0.5) is 5.82 Å². The third kappa shape index (κ3) is 3.06. The van der Waals surface area contributed by atoms with E-state index in [9.17, 15) is 4.79 Å². The van der Waals surface area contributed by atoms with Crippen molar-refractivity contribution in [1.82, 2.24) is 24.7 Å². The number of rotatable bonds is 3. The topological polar surface area (TPSA) is 86.0 Å². The summed E-state index contributed by atoms with van der Waals surface area (Å²) in [6, 6.07) is 5.79. The van der Waals surface area contributed by atoms with Crippen LogP contribution in [0, 0.1) is 0 Å². The number of fused-ring (bicyclic) bond motifs is 2. The van der Waals surface area contributed by atoms with Gasteiger partial charge in [-0.25, -0.2) is 14.6 Å². The van der Waals surface area contributed by atoms with Gasteiger partial charge in [-0.15, -0.1) is 0 Å². The maximum absolute atomic E-state index is 12.5. The van der Waals surface area contributed by atoms with Gasteiger partial charge in [0.05, 0.1) is 31.5 Å². The van der Waals surface area contributed by atoms with E-state index in [1.54, 1.807) is 23.1 Å². The summed E-state index contributed by atoms with van der Waals surface area (Å²) in [6.45, 7) is 2.62. The molecular weight excluding hydrogens is 344 g/mol. The van der Waals surface area contributed by atoms with Crippen molar-refractivity contribution < 1.29 is 4.74 Å². The lowest BCUT2D eigenvalue weighted by Crippen LogP contribution is -2.38. The molecule has 1 saturated heterocycles. The van der Waals surface area contributed by atoms with Crippen molar-refractivity contribution in [3.8, 4) is 0 Å². The van der Waals surface area contributed by atoms with Crippen molar-refractivity contribution in [2.75, 3.05) is 18.1 Å². The van der Waals surface area contributed by atoms with Crippen LogP contribution in [0.2, 0.25) is 0 Å². The minimum absolute atomic E-state index is 0.0663. The van der Waals surface area contributed by atoms with E-state index in [1.165, 1.54) is 0 Å². The summed E-state index contributed by atoms with van der Waals surface area (Å²) in [7, 11) is 0. The van der Waals surface area contributed by atoms with Crippen LogP contribution in [-0.2, 0) is 24.3 Å². The molecule has 1 atom stereocenters. The van der Waals surface area contributed by atoms with Gasteiger partial charge in [0.1, 0.15) is 11.3 Å². The summed E-state index contributed by atoms with van der Waals surface area (Å²) < 4.78 is 7.02. The highest BCUT2D eigenvalue weighted by molar-refractivity contribution is 5.71. The quantitative estimate of drug-likeness (QED) is 0.693. The zero-order valence-electron chi connectivity index (χ0n) is 14.9. The number of hydrogen-bond donors (Lipinski definition) is 0. The molecule has 1 unspecified atom stereocenters. The molecule has 2 aliphatic rings. The van der Waals surface area contributed by atoms with Crippen molar-refractivity contribution >= 4 is 17.0 Å². The fraction of sp³-hybridized carbons (Fsp3) is 0.421. The lowest BCUT2D eigenvalue weighted by atomic mass is 10.1. The molecule has 27 heavy (non-hydrogen) atoms. The highest BCUT2D eigenvalue weighted by Crippen LogP contribution is 2.26. The Balaban J connectivity index is 1.43. The van der Waals surface area contributed by atoms with Gasteiger partial charge in [-0.05, 0) is 25.0 Å². The van der Waals surface area contributed by atoms with E-state index in [4.69, 9.17) is 4.74 Å². The maximum Gasteiger partial charge on any atom is 0.267 e. The number of anilines is 1. The lowest BCUT2D eigenvalue weighted by Gasteiger charge is -2.26. The fourth-order valence-electron chi connectivity index (χ4n) is 3.91. The molecule has 8 nitrogen and oxygen atoms in total. The maximum atomic E-state index is 12.5. The van der Waals surface area contributed by atoms with Crippen molar-refractivity contribution in [2.45, 2.75) is 38.5 Å². The van der Waals surface area contributed by atoms with Crippen molar-refractivity contribution in [3.63, 3.8) is 0 Å². The SMILES string of the molecule is O=c1cc2c(nn1CC1CCCN1c1ccc3nccnc3n1)CCOC2. The Morgan fingerprint density at radius 2 is 2.15 bits per heavy atom. The van der Waals surface area contributed by atoms with Crippen molar-refractivity contribution in [2.24, 2.45) is 0 Å². The number of pyridine rings is 1. The van der Waals surface area contributed by atoms with Gasteiger partial charge in [-0.2, -0.15) is 5.10 Å². The minimum Gasteiger partial charge on any atom is -0.376 e. The Morgan fingerprint density at radius 1 is 1.22 bits per heavy atom. The van der Waals surface area contributed by atoms with E-state index < -0.39 is 0 Å². The largest absolute Gasteiger partial charge is 0.376 e. The van der Waals surface area contributed by atoms with Crippen LogP contribution in [0.25, 0.3) is 11.2 Å². The van der Waals surface area contributed by atoms with Gasteiger partial charge in [-0.1, -0.05) is 0 Å². The Labute approximate surface area is 155 Å². The third-order valence-electron chi connectivity index (χ3n) is 5.28. The van der Waals surface area contributed by atoms with Gasteiger partial charge < -0.3 is 9.64 Å². The summed E-state index contributed by atoms with van der Waals surface area (Å²) in [6.07, 6.45) is 6.16. The van der Waals surface area contributed by atoms with Gasteiger partial charge >= 0.3 is 0 Å². The molecule has 1 fully saturated rings. The van der Waals surface area contributed by atoms with Gasteiger partial charge in [-0.3, -0.25) is 9.78 Å². The molecule has 0 saturated carbocycles. The second-order valence-electron chi connectivity index (χ2n) is 7.00. The number of nitrogens with zero attached hydrogens (tertiary/aromatic N) is 6. The number of ether oxygens (including phenoxy) is 1. The zero-order chi connectivity index (χ0) is 18.2. The Hall–Kier alpha value is -2.87. The standard InChI is InChI=1S/C19H20N6O2/c26-18-10-13-12-27-9-5-15(13)23-25(18)11-14-2-1-8-24(14)17-4-3-16-19(22-17)21-7-6-20-16/h3-4,6-7,10,14H,1-2,5,8-9,11-12H2. The average molecular weight is 364 g/mol. The molecule has 3 aromatic heterocycles. The van der Waals surface area contributed by atoms with Crippen LogP contribution in [0.5, 0.6) is 0 Å².